The monoisotopic (exact) mass is 413 g/mol. The summed E-state index contributed by atoms with van der Waals surface area (Å²) in [5.74, 6) is 0.612. The van der Waals surface area contributed by atoms with Gasteiger partial charge in [0.15, 0.2) is 5.82 Å². The first kappa shape index (κ1) is 20.3. The second-order valence-corrected chi connectivity index (χ2v) is 7.66. The summed E-state index contributed by atoms with van der Waals surface area (Å²) in [7, 11) is 0. The van der Waals surface area contributed by atoms with Crippen LogP contribution < -0.4 is 5.32 Å². The molecule has 4 aromatic rings. The molecule has 7 heteroatoms. The van der Waals surface area contributed by atoms with Crippen molar-refractivity contribution >= 4 is 12.0 Å². The van der Waals surface area contributed by atoms with Crippen LogP contribution in [0.4, 0.5) is 0 Å². The number of nitrogens with one attached hydrogen (secondary N) is 1. The molecule has 1 amide bonds. The number of nitrogens with zero attached hydrogens (tertiary/aromatic N) is 4. The van der Waals surface area contributed by atoms with E-state index in [0.717, 1.165) is 22.5 Å². The molecule has 2 aromatic heterocycles. The Balaban J connectivity index is 1.61. The lowest BCUT2D eigenvalue weighted by Crippen LogP contribution is -2.41. The van der Waals surface area contributed by atoms with Crippen LogP contribution in [0.3, 0.4) is 0 Å². The molecular formula is C24H23N5O2. The largest absolute Gasteiger partial charge is 0.340 e. The van der Waals surface area contributed by atoms with Crippen molar-refractivity contribution in [2.45, 2.75) is 26.3 Å². The molecule has 7 nitrogen and oxygen atoms in total. The first-order valence-electron chi connectivity index (χ1n) is 9.94. The number of aryl methyl sites for hydroxylation is 1. The second-order valence-electron chi connectivity index (χ2n) is 7.66. The van der Waals surface area contributed by atoms with Gasteiger partial charge >= 0.3 is 0 Å². The van der Waals surface area contributed by atoms with Crippen molar-refractivity contribution in [2.75, 3.05) is 0 Å². The van der Waals surface area contributed by atoms with E-state index in [1.165, 1.54) is 6.08 Å². The maximum atomic E-state index is 12.6. The Morgan fingerprint density at radius 2 is 1.74 bits per heavy atom. The minimum absolute atomic E-state index is 0.265. The van der Waals surface area contributed by atoms with E-state index in [9.17, 15) is 4.79 Å². The standard InChI is InChI=1S/C24H23N5O2/c1-17-25-23(28-31-17)24(2,3)26-21(30)15-14-19-16-29(20-12-8-5-9-13-20)27-22(19)18-10-6-4-7-11-18/h4-16H,1-3H3,(H,26,30)/b15-14+. The fourth-order valence-corrected chi connectivity index (χ4v) is 3.17. The highest BCUT2D eigenvalue weighted by Gasteiger charge is 2.27. The molecular weight excluding hydrogens is 390 g/mol. The van der Waals surface area contributed by atoms with Crippen LogP contribution in [0.2, 0.25) is 0 Å². The number of para-hydroxylation sites is 1. The van der Waals surface area contributed by atoms with Gasteiger partial charge in [0, 0.05) is 30.3 Å². The minimum atomic E-state index is -0.768. The molecule has 31 heavy (non-hydrogen) atoms. The summed E-state index contributed by atoms with van der Waals surface area (Å²) < 4.78 is 6.84. The Hall–Kier alpha value is -4.00. The predicted octanol–water partition coefficient (Wildman–Crippen LogP) is 4.30. The molecule has 2 heterocycles. The molecule has 0 aliphatic rings. The molecule has 1 N–H and O–H groups in total. The fourth-order valence-electron chi connectivity index (χ4n) is 3.17. The van der Waals surface area contributed by atoms with Crippen molar-refractivity contribution in [3.8, 4) is 16.9 Å². The number of aromatic nitrogens is 4. The first-order valence-corrected chi connectivity index (χ1v) is 9.94. The number of amides is 1. The molecule has 4 rings (SSSR count). The van der Waals surface area contributed by atoms with Crippen LogP contribution in [0.5, 0.6) is 0 Å². The summed E-state index contributed by atoms with van der Waals surface area (Å²) in [6.45, 7) is 5.36. The van der Waals surface area contributed by atoms with Gasteiger partial charge in [-0.2, -0.15) is 10.1 Å². The highest BCUT2D eigenvalue weighted by atomic mass is 16.5. The summed E-state index contributed by atoms with van der Waals surface area (Å²) in [5, 5.41) is 11.6. The minimum Gasteiger partial charge on any atom is -0.340 e. The van der Waals surface area contributed by atoms with E-state index >= 15 is 0 Å². The molecule has 0 saturated heterocycles. The maximum absolute atomic E-state index is 12.6. The molecule has 0 bridgehead atoms. The lowest BCUT2D eigenvalue weighted by Gasteiger charge is -2.21. The lowest BCUT2D eigenvalue weighted by atomic mass is 10.0. The second kappa shape index (κ2) is 8.39. The van der Waals surface area contributed by atoms with Crippen molar-refractivity contribution in [3.63, 3.8) is 0 Å². The summed E-state index contributed by atoms with van der Waals surface area (Å²) in [6.07, 6.45) is 5.17. The van der Waals surface area contributed by atoms with Crippen LogP contribution >= 0.6 is 0 Å². The number of hydrogen-bond acceptors (Lipinski definition) is 5. The predicted molar refractivity (Wildman–Crippen MR) is 118 cm³/mol. The Bertz CT molecular complexity index is 1210. The third kappa shape index (κ3) is 4.61. The third-order valence-corrected chi connectivity index (χ3v) is 4.75. The van der Waals surface area contributed by atoms with Gasteiger partial charge in [-0.3, -0.25) is 4.79 Å². The zero-order valence-corrected chi connectivity index (χ0v) is 17.6. The molecule has 2 aromatic carbocycles. The van der Waals surface area contributed by atoms with Crippen LogP contribution in [0.15, 0.2) is 77.5 Å². The van der Waals surface area contributed by atoms with Crippen LogP contribution in [-0.2, 0) is 10.3 Å². The van der Waals surface area contributed by atoms with Gasteiger partial charge in [-0.25, -0.2) is 4.68 Å². The zero-order chi connectivity index (χ0) is 21.8. The molecule has 0 radical (unpaired) electrons. The first-order chi connectivity index (χ1) is 14.9. The van der Waals surface area contributed by atoms with Crippen LogP contribution in [0, 0.1) is 6.92 Å². The Labute approximate surface area is 180 Å². The Morgan fingerprint density at radius 1 is 1.06 bits per heavy atom. The maximum Gasteiger partial charge on any atom is 0.244 e. The van der Waals surface area contributed by atoms with E-state index in [4.69, 9.17) is 9.62 Å². The number of rotatable bonds is 6. The van der Waals surface area contributed by atoms with E-state index in [2.05, 4.69) is 15.5 Å². The van der Waals surface area contributed by atoms with E-state index in [0.29, 0.717) is 11.7 Å². The van der Waals surface area contributed by atoms with Gasteiger partial charge in [-0.05, 0) is 32.1 Å². The van der Waals surface area contributed by atoms with E-state index in [1.807, 2.05) is 85.4 Å². The Kier molecular flexibility index (Phi) is 5.49. The van der Waals surface area contributed by atoms with E-state index in [-0.39, 0.29) is 5.91 Å². The van der Waals surface area contributed by atoms with Crippen molar-refractivity contribution in [2.24, 2.45) is 0 Å². The Morgan fingerprint density at radius 3 is 2.39 bits per heavy atom. The summed E-state index contributed by atoms with van der Waals surface area (Å²) in [5.41, 5.74) is 2.77. The van der Waals surface area contributed by atoms with Gasteiger partial charge in [0.05, 0.1) is 16.9 Å². The number of hydrogen-bond donors (Lipinski definition) is 1. The molecule has 0 aliphatic heterocycles. The van der Waals surface area contributed by atoms with Gasteiger partial charge in [-0.1, -0.05) is 53.7 Å². The van der Waals surface area contributed by atoms with Gasteiger partial charge in [0.1, 0.15) is 0 Å². The highest BCUT2D eigenvalue weighted by molar-refractivity contribution is 5.93. The van der Waals surface area contributed by atoms with Gasteiger partial charge in [-0.15, -0.1) is 0 Å². The molecule has 156 valence electrons. The van der Waals surface area contributed by atoms with Crippen molar-refractivity contribution < 1.29 is 9.32 Å². The molecule has 0 atom stereocenters. The number of benzene rings is 2. The summed E-state index contributed by atoms with van der Waals surface area (Å²) in [4.78, 5) is 16.8. The van der Waals surface area contributed by atoms with Crippen LogP contribution in [0.25, 0.3) is 23.0 Å². The highest BCUT2D eigenvalue weighted by Crippen LogP contribution is 2.25. The average Bonchev–Trinajstić information content (AvgIpc) is 3.40. The summed E-state index contributed by atoms with van der Waals surface area (Å²) >= 11 is 0. The summed E-state index contributed by atoms with van der Waals surface area (Å²) in [6, 6.07) is 19.7. The normalized spacial score (nSPS) is 11.7. The molecule has 0 aliphatic carbocycles. The molecule has 0 fully saturated rings. The number of carbonyl (C=O) groups is 1. The van der Waals surface area contributed by atoms with Crippen molar-refractivity contribution in [1.29, 1.82) is 0 Å². The average molecular weight is 413 g/mol. The van der Waals surface area contributed by atoms with Gasteiger partial charge in [0.2, 0.25) is 11.8 Å². The number of carbonyl (C=O) groups excluding carboxylic acids is 1. The van der Waals surface area contributed by atoms with Gasteiger partial charge in [0.25, 0.3) is 0 Å². The van der Waals surface area contributed by atoms with Crippen LogP contribution in [-0.4, -0.2) is 25.8 Å². The third-order valence-electron chi connectivity index (χ3n) is 4.75. The van der Waals surface area contributed by atoms with E-state index in [1.54, 1.807) is 13.0 Å². The molecule has 0 saturated carbocycles. The quantitative estimate of drug-likeness (QED) is 0.477. The van der Waals surface area contributed by atoms with Gasteiger partial charge < -0.3 is 9.84 Å². The smallest absolute Gasteiger partial charge is 0.244 e. The topological polar surface area (TPSA) is 85.8 Å². The van der Waals surface area contributed by atoms with Crippen molar-refractivity contribution in [1.82, 2.24) is 25.2 Å². The zero-order valence-electron chi connectivity index (χ0n) is 17.6. The SMILES string of the molecule is Cc1nc(C(C)(C)NC(=O)/C=C/c2cn(-c3ccccc3)nc2-c2ccccc2)no1. The fraction of sp³-hybridized carbons (Fsp3) is 0.167. The molecule has 0 unspecified atom stereocenters. The van der Waals surface area contributed by atoms with E-state index < -0.39 is 5.54 Å². The van der Waals surface area contributed by atoms with Crippen molar-refractivity contribution in [3.05, 3.63) is 90.2 Å². The lowest BCUT2D eigenvalue weighted by molar-refractivity contribution is -0.118. The van der Waals surface area contributed by atoms with Crippen LogP contribution in [0.1, 0.15) is 31.1 Å². The molecule has 0 spiro atoms.